The van der Waals surface area contributed by atoms with E-state index < -0.39 is 0 Å². The predicted molar refractivity (Wildman–Crippen MR) is 73.5 cm³/mol. The first-order chi connectivity index (χ1) is 8.70. The Morgan fingerprint density at radius 3 is 2.61 bits per heavy atom. The summed E-state index contributed by atoms with van der Waals surface area (Å²) in [5.74, 6) is 0.743. The van der Waals surface area contributed by atoms with Crippen LogP contribution in [0.15, 0.2) is 24.3 Å². The number of rotatable bonds is 3. The van der Waals surface area contributed by atoms with Gasteiger partial charge in [-0.2, -0.15) is 0 Å². The summed E-state index contributed by atoms with van der Waals surface area (Å²) in [5.41, 5.74) is 6.55. The van der Waals surface area contributed by atoms with Gasteiger partial charge in [0.2, 0.25) is 5.91 Å². The van der Waals surface area contributed by atoms with Crippen molar-refractivity contribution in [3.05, 3.63) is 34.9 Å². The highest BCUT2D eigenvalue weighted by Gasteiger charge is 2.22. The first-order valence-electron chi connectivity index (χ1n) is 6.42. The number of halogens is 1. The topological polar surface area (TPSA) is 46.3 Å². The van der Waals surface area contributed by atoms with Gasteiger partial charge in [0, 0.05) is 18.1 Å². The van der Waals surface area contributed by atoms with Crippen molar-refractivity contribution in [2.24, 2.45) is 11.7 Å². The molecule has 1 saturated heterocycles. The van der Waals surface area contributed by atoms with Crippen LogP contribution in [-0.2, 0) is 11.2 Å². The van der Waals surface area contributed by atoms with Crippen molar-refractivity contribution in [2.45, 2.75) is 19.3 Å². The molecule has 0 spiro atoms. The van der Waals surface area contributed by atoms with Crippen molar-refractivity contribution < 1.29 is 4.79 Å². The lowest BCUT2D eigenvalue weighted by molar-refractivity contribution is -0.131. The van der Waals surface area contributed by atoms with Crippen LogP contribution in [0, 0.1) is 5.92 Å². The van der Waals surface area contributed by atoms with E-state index in [1.54, 1.807) is 0 Å². The number of piperidine rings is 1. The molecule has 2 N–H and O–H groups in total. The fourth-order valence-corrected chi connectivity index (χ4v) is 2.54. The van der Waals surface area contributed by atoms with Crippen molar-refractivity contribution >= 4 is 17.5 Å². The quantitative estimate of drug-likeness (QED) is 0.911. The minimum absolute atomic E-state index is 0.165. The van der Waals surface area contributed by atoms with Crippen molar-refractivity contribution in [3.63, 3.8) is 0 Å². The zero-order valence-electron chi connectivity index (χ0n) is 10.4. The van der Waals surface area contributed by atoms with Crippen LogP contribution in [-0.4, -0.2) is 30.4 Å². The van der Waals surface area contributed by atoms with Crippen LogP contribution in [0.2, 0.25) is 5.02 Å². The molecular formula is C14H19ClN2O. The lowest BCUT2D eigenvalue weighted by Gasteiger charge is -2.31. The van der Waals surface area contributed by atoms with Crippen LogP contribution in [0.4, 0.5) is 0 Å². The summed E-state index contributed by atoms with van der Waals surface area (Å²) in [5, 5.41) is 0.669. The van der Waals surface area contributed by atoms with Gasteiger partial charge in [-0.05, 0) is 36.9 Å². The van der Waals surface area contributed by atoms with Crippen LogP contribution in [0.3, 0.4) is 0 Å². The Kier molecular flexibility index (Phi) is 4.61. The van der Waals surface area contributed by atoms with Crippen molar-refractivity contribution in [1.29, 1.82) is 0 Å². The van der Waals surface area contributed by atoms with E-state index in [1.807, 2.05) is 29.2 Å². The van der Waals surface area contributed by atoms with Gasteiger partial charge in [-0.3, -0.25) is 4.79 Å². The lowest BCUT2D eigenvalue weighted by Crippen LogP contribution is -2.40. The SMILES string of the molecule is NCC1CCN(C(=O)Cc2ccccc2Cl)CC1. The molecule has 3 nitrogen and oxygen atoms in total. The third-order valence-corrected chi connectivity index (χ3v) is 3.97. The highest BCUT2D eigenvalue weighted by molar-refractivity contribution is 6.31. The molecule has 0 radical (unpaired) electrons. The average Bonchev–Trinajstić information content (AvgIpc) is 2.41. The number of carbonyl (C=O) groups is 1. The monoisotopic (exact) mass is 266 g/mol. The number of carbonyl (C=O) groups excluding carboxylic acids is 1. The first kappa shape index (κ1) is 13.4. The number of hydrogen-bond acceptors (Lipinski definition) is 2. The molecule has 0 atom stereocenters. The van der Waals surface area contributed by atoms with Gasteiger partial charge in [0.15, 0.2) is 0 Å². The molecule has 0 aromatic heterocycles. The molecule has 1 amide bonds. The van der Waals surface area contributed by atoms with Crippen LogP contribution in [0.5, 0.6) is 0 Å². The molecule has 98 valence electrons. The summed E-state index contributed by atoms with van der Waals surface area (Å²) < 4.78 is 0. The fraction of sp³-hybridized carbons (Fsp3) is 0.500. The second kappa shape index (κ2) is 6.21. The smallest absolute Gasteiger partial charge is 0.227 e. The fourth-order valence-electron chi connectivity index (χ4n) is 2.33. The third kappa shape index (κ3) is 3.24. The zero-order valence-corrected chi connectivity index (χ0v) is 11.2. The minimum Gasteiger partial charge on any atom is -0.342 e. The molecule has 0 aliphatic carbocycles. The van der Waals surface area contributed by atoms with E-state index in [0.717, 1.165) is 38.0 Å². The van der Waals surface area contributed by atoms with E-state index in [9.17, 15) is 4.79 Å². The minimum atomic E-state index is 0.165. The Labute approximate surface area is 113 Å². The van der Waals surface area contributed by atoms with Gasteiger partial charge in [0.1, 0.15) is 0 Å². The molecule has 0 saturated carbocycles. The molecule has 0 bridgehead atoms. The van der Waals surface area contributed by atoms with Crippen molar-refractivity contribution in [2.75, 3.05) is 19.6 Å². The van der Waals surface area contributed by atoms with Crippen LogP contribution in [0.1, 0.15) is 18.4 Å². The largest absolute Gasteiger partial charge is 0.342 e. The second-order valence-electron chi connectivity index (χ2n) is 4.83. The Morgan fingerprint density at radius 2 is 2.00 bits per heavy atom. The lowest BCUT2D eigenvalue weighted by atomic mass is 9.96. The highest BCUT2D eigenvalue weighted by atomic mass is 35.5. The van der Waals surface area contributed by atoms with E-state index in [2.05, 4.69) is 0 Å². The van der Waals surface area contributed by atoms with Gasteiger partial charge < -0.3 is 10.6 Å². The van der Waals surface area contributed by atoms with E-state index in [0.29, 0.717) is 17.4 Å². The molecule has 2 rings (SSSR count). The summed E-state index contributed by atoms with van der Waals surface area (Å²) in [6.45, 7) is 2.38. The molecule has 18 heavy (non-hydrogen) atoms. The van der Waals surface area contributed by atoms with Crippen LogP contribution >= 0.6 is 11.6 Å². The summed E-state index contributed by atoms with van der Waals surface area (Å²) >= 11 is 6.07. The highest BCUT2D eigenvalue weighted by Crippen LogP contribution is 2.19. The average molecular weight is 267 g/mol. The summed E-state index contributed by atoms with van der Waals surface area (Å²) in [7, 11) is 0. The molecule has 1 aromatic rings. The van der Waals surface area contributed by atoms with Gasteiger partial charge in [-0.15, -0.1) is 0 Å². The normalized spacial score (nSPS) is 16.9. The molecule has 1 aliphatic heterocycles. The van der Waals surface area contributed by atoms with Gasteiger partial charge in [-0.1, -0.05) is 29.8 Å². The number of benzene rings is 1. The van der Waals surface area contributed by atoms with Gasteiger partial charge >= 0.3 is 0 Å². The molecule has 1 aromatic carbocycles. The number of hydrogen-bond donors (Lipinski definition) is 1. The van der Waals surface area contributed by atoms with E-state index in [4.69, 9.17) is 17.3 Å². The third-order valence-electron chi connectivity index (χ3n) is 3.60. The number of amides is 1. The maximum Gasteiger partial charge on any atom is 0.227 e. The first-order valence-corrected chi connectivity index (χ1v) is 6.79. The standard InChI is InChI=1S/C14H19ClN2O/c15-13-4-2-1-3-12(13)9-14(18)17-7-5-11(10-16)6-8-17/h1-4,11H,5-10,16H2. The van der Waals surface area contributed by atoms with Gasteiger partial charge in [0.25, 0.3) is 0 Å². The van der Waals surface area contributed by atoms with E-state index >= 15 is 0 Å². The number of likely N-dealkylation sites (tertiary alicyclic amines) is 1. The Bertz CT molecular complexity index is 414. The molecular weight excluding hydrogens is 248 g/mol. The Hall–Kier alpha value is -1.06. The molecule has 1 aliphatic rings. The summed E-state index contributed by atoms with van der Waals surface area (Å²) in [6.07, 6.45) is 2.43. The summed E-state index contributed by atoms with van der Waals surface area (Å²) in [6, 6.07) is 7.52. The Balaban J connectivity index is 1.91. The molecule has 1 fully saturated rings. The van der Waals surface area contributed by atoms with Crippen molar-refractivity contribution in [3.8, 4) is 0 Å². The maximum atomic E-state index is 12.2. The number of nitrogens with zero attached hydrogens (tertiary/aromatic N) is 1. The molecule has 1 heterocycles. The number of nitrogens with two attached hydrogens (primary N) is 1. The molecule has 0 unspecified atom stereocenters. The predicted octanol–water partition coefficient (Wildman–Crippen LogP) is 2.08. The van der Waals surface area contributed by atoms with E-state index in [-0.39, 0.29) is 5.91 Å². The van der Waals surface area contributed by atoms with Gasteiger partial charge in [0.05, 0.1) is 6.42 Å². The molecule has 4 heteroatoms. The van der Waals surface area contributed by atoms with Crippen LogP contribution < -0.4 is 5.73 Å². The van der Waals surface area contributed by atoms with Gasteiger partial charge in [-0.25, -0.2) is 0 Å². The van der Waals surface area contributed by atoms with Crippen molar-refractivity contribution in [1.82, 2.24) is 4.90 Å². The summed E-state index contributed by atoms with van der Waals surface area (Å²) in [4.78, 5) is 14.1. The second-order valence-corrected chi connectivity index (χ2v) is 5.24. The Morgan fingerprint density at radius 1 is 1.33 bits per heavy atom. The maximum absolute atomic E-state index is 12.2. The zero-order chi connectivity index (χ0) is 13.0. The van der Waals surface area contributed by atoms with E-state index in [1.165, 1.54) is 0 Å². The van der Waals surface area contributed by atoms with Crippen LogP contribution in [0.25, 0.3) is 0 Å².